The summed E-state index contributed by atoms with van der Waals surface area (Å²) >= 11 is 6.60. The van der Waals surface area contributed by atoms with Crippen LogP contribution in [0.1, 0.15) is 16.6 Å². The molecule has 1 aromatic heterocycles. The molecule has 1 unspecified atom stereocenters. The van der Waals surface area contributed by atoms with Crippen LogP contribution in [0.4, 0.5) is 0 Å². The number of carbonyl (C=O) groups excluding carboxylic acids is 2. The summed E-state index contributed by atoms with van der Waals surface area (Å²) < 4.78 is 4.71. The van der Waals surface area contributed by atoms with E-state index in [9.17, 15) is 9.59 Å². The third-order valence-corrected chi connectivity index (χ3v) is 2.76. The molecule has 0 aliphatic rings. The summed E-state index contributed by atoms with van der Waals surface area (Å²) in [6.07, 6.45) is 0. The van der Waals surface area contributed by atoms with Gasteiger partial charge in [0.2, 0.25) is 5.78 Å². The molecule has 15 heavy (non-hydrogen) atoms. The number of hydrogen-bond donors (Lipinski definition) is 1. The molecule has 0 aliphatic carbocycles. The second-order valence-electron chi connectivity index (χ2n) is 2.64. The lowest BCUT2D eigenvalue weighted by atomic mass is 10.2. The zero-order chi connectivity index (χ0) is 11.3. The standard InChI is InChI=1S/C9H10ClNO3S/c1-2-14-9(13)7(11-10)8(12)6-4-3-5-15-6/h3-5,7,11H,2H2,1H3. The van der Waals surface area contributed by atoms with Gasteiger partial charge in [-0.05, 0) is 30.1 Å². The molecule has 1 N–H and O–H groups in total. The van der Waals surface area contributed by atoms with Crippen LogP contribution in [-0.4, -0.2) is 24.4 Å². The van der Waals surface area contributed by atoms with Crippen molar-refractivity contribution in [2.45, 2.75) is 13.0 Å². The largest absolute Gasteiger partial charge is 0.464 e. The van der Waals surface area contributed by atoms with Crippen molar-refractivity contribution in [3.63, 3.8) is 0 Å². The fourth-order valence-corrected chi connectivity index (χ4v) is 1.87. The molecular formula is C9H10ClNO3S. The van der Waals surface area contributed by atoms with Crippen LogP contribution in [0, 0.1) is 0 Å². The van der Waals surface area contributed by atoms with Gasteiger partial charge in [-0.2, -0.15) is 0 Å². The molecule has 0 aliphatic heterocycles. The summed E-state index contributed by atoms with van der Waals surface area (Å²) in [7, 11) is 0. The fraction of sp³-hybridized carbons (Fsp3) is 0.333. The van der Waals surface area contributed by atoms with Crippen molar-refractivity contribution < 1.29 is 14.3 Å². The summed E-state index contributed by atoms with van der Waals surface area (Å²) in [6.45, 7) is 1.88. The van der Waals surface area contributed by atoms with Crippen molar-refractivity contribution in [3.8, 4) is 0 Å². The van der Waals surface area contributed by atoms with Crippen LogP contribution in [-0.2, 0) is 9.53 Å². The number of hydrogen-bond acceptors (Lipinski definition) is 5. The number of carbonyl (C=O) groups is 2. The predicted octanol–water partition coefficient (Wildman–Crippen LogP) is 1.61. The Labute approximate surface area is 96.3 Å². The van der Waals surface area contributed by atoms with Gasteiger partial charge in [0.05, 0.1) is 11.5 Å². The second kappa shape index (κ2) is 5.85. The lowest BCUT2D eigenvalue weighted by Crippen LogP contribution is -2.39. The second-order valence-corrected chi connectivity index (χ2v) is 3.80. The summed E-state index contributed by atoms with van der Waals surface area (Å²) in [5, 5.41) is 1.75. The van der Waals surface area contributed by atoms with Gasteiger partial charge in [-0.1, -0.05) is 6.07 Å². The first-order valence-corrected chi connectivity index (χ1v) is 5.57. The first kappa shape index (κ1) is 12.2. The molecular weight excluding hydrogens is 238 g/mol. The first-order chi connectivity index (χ1) is 7.20. The van der Waals surface area contributed by atoms with E-state index in [0.29, 0.717) is 4.88 Å². The molecule has 0 aromatic carbocycles. The van der Waals surface area contributed by atoms with Crippen LogP contribution < -0.4 is 4.84 Å². The molecule has 0 saturated carbocycles. The van der Waals surface area contributed by atoms with Crippen molar-refractivity contribution in [1.29, 1.82) is 0 Å². The number of Topliss-reactive ketones (excluding diaryl/α,β-unsaturated/α-hetero) is 1. The van der Waals surface area contributed by atoms with Gasteiger partial charge in [0.1, 0.15) is 0 Å². The number of halogens is 1. The SMILES string of the molecule is CCOC(=O)C(NCl)C(=O)c1cccs1. The van der Waals surface area contributed by atoms with E-state index in [1.165, 1.54) is 11.3 Å². The van der Waals surface area contributed by atoms with Crippen LogP contribution in [0.2, 0.25) is 0 Å². The average molecular weight is 248 g/mol. The van der Waals surface area contributed by atoms with Crippen LogP contribution in [0.15, 0.2) is 17.5 Å². The van der Waals surface area contributed by atoms with E-state index in [0.717, 1.165) is 0 Å². The normalized spacial score (nSPS) is 12.1. The molecule has 1 rings (SSSR count). The van der Waals surface area contributed by atoms with Crippen LogP contribution in [0.5, 0.6) is 0 Å². The van der Waals surface area contributed by atoms with E-state index < -0.39 is 12.0 Å². The topological polar surface area (TPSA) is 55.4 Å². The quantitative estimate of drug-likeness (QED) is 0.372. The van der Waals surface area contributed by atoms with Crippen LogP contribution in [0.3, 0.4) is 0 Å². The Bertz CT molecular complexity index is 339. The Balaban J connectivity index is 2.75. The number of esters is 1. The zero-order valence-electron chi connectivity index (χ0n) is 8.03. The van der Waals surface area contributed by atoms with Crippen molar-refractivity contribution in [1.82, 2.24) is 4.84 Å². The highest BCUT2D eigenvalue weighted by atomic mass is 35.5. The molecule has 0 bridgehead atoms. The van der Waals surface area contributed by atoms with Crippen molar-refractivity contribution in [2.75, 3.05) is 6.61 Å². The molecule has 1 atom stereocenters. The number of rotatable bonds is 5. The van der Waals surface area contributed by atoms with Crippen molar-refractivity contribution in [2.24, 2.45) is 0 Å². The molecule has 1 heterocycles. The summed E-state index contributed by atoms with van der Waals surface area (Å²) in [6, 6.07) is 2.23. The molecule has 82 valence electrons. The Morgan fingerprint density at radius 1 is 1.67 bits per heavy atom. The van der Waals surface area contributed by atoms with Gasteiger partial charge in [-0.3, -0.25) is 4.79 Å². The first-order valence-electron chi connectivity index (χ1n) is 4.31. The summed E-state index contributed by atoms with van der Waals surface area (Å²) in [5.74, 6) is -1.04. The molecule has 6 heteroatoms. The number of ether oxygens (including phenoxy) is 1. The van der Waals surface area contributed by atoms with Gasteiger partial charge < -0.3 is 4.74 Å². The summed E-state index contributed by atoms with van der Waals surface area (Å²) in [4.78, 5) is 25.6. The maximum absolute atomic E-state index is 11.7. The highest BCUT2D eigenvalue weighted by molar-refractivity contribution is 7.12. The van der Waals surface area contributed by atoms with E-state index in [-0.39, 0.29) is 12.4 Å². The van der Waals surface area contributed by atoms with Gasteiger partial charge in [0, 0.05) is 0 Å². The Kier molecular flexibility index (Phi) is 4.74. The maximum atomic E-state index is 11.7. The predicted molar refractivity (Wildman–Crippen MR) is 58.1 cm³/mol. The van der Waals surface area contributed by atoms with Crippen molar-refractivity contribution >= 4 is 34.9 Å². The van der Waals surface area contributed by atoms with E-state index in [2.05, 4.69) is 4.84 Å². The monoisotopic (exact) mass is 247 g/mol. The third-order valence-electron chi connectivity index (χ3n) is 1.66. The van der Waals surface area contributed by atoms with Gasteiger partial charge in [-0.25, -0.2) is 9.63 Å². The minimum atomic E-state index is -1.13. The Morgan fingerprint density at radius 3 is 2.87 bits per heavy atom. The van der Waals surface area contributed by atoms with E-state index >= 15 is 0 Å². The van der Waals surface area contributed by atoms with Gasteiger partial charge in [0.15, 0.2) is 6.04 Å². The average Bonchev–Trinajstić information content (AvgIpc) is 2.71. The smallest absolute Gasteiger partial charge is 0.332 e. The lowest BCUT2D eigenvalue weighted by Gasteiger charge is -2.10. The number of thiophene rings is 1. The lowest BCUT2D eigenvalue weighted by molar-refractivity contribution is -0.143. The van der Waals surface area contributed by atoms with Crippen molar-refractivity contribution in [3.05, 3.63) is 22.4 Å². The van der Waals surface area contributed by atoms with Gasteiger partial charge >= 0.3 is 5.97 Å². The highest BCUT2D eigenvalue weighted by Gasteiger charge is 2.28. The summed E-state index contributed by atoms with van der Waals surface area (Å²) in [5.41, 5.74) is 0. The molecule has 0 radical (unpaired) electrons. The fourth-order valence-electron chi connectivity index (χ4n) is 0.988. The van der Waals surface area contributed by atoms with Crippen LogP contribution in [0.25, 0.3) is 0 Å². The molecule has 4 nitrogen and oxygen atoms in total. The van der Waals surface area contributed by atoms with E-state index in [1.807, 2.05) is 0 Å². The van der Waals surface area contributed by atoms with Crippen LogP contribution >= 0.6 is 23.1 Å². The minimum Gasteiger partial charge on any atom is -0.464 e. The third kappa shape index (κ3) is 3.02. The van der Waals surface area contributed by atoms with E-state index in [1.54, 1.807) is 24.4 Å². The molecule has 0 amide bonds. The molecule has 0 spiro atoms. The Hall–Kier alpha value is -0.910. The van der Waals surface area contributed by atoms with Gasteiger partial charge in [-0.15, -0.1) is 11.3 Å². The maximum Gasteiger partial charge on any atom is 0.332 e. The highest BCUT2D eigenvalue weighted by Crippen LogP contribution is 2.12. The zero-order valence-corrected chi connectivity index (χ0v) is 9.60. The van der Waals surface area contributed by atoms with E-state index in [4.69, 9.17) is 16.5 Å². The minimum absolute atomic E-state index is 0.214. The Morgan fingerprint density at radius 2 is 2.40 bits per heavy atom. The molecule has 1 aromatic rings. The number of nitrogens with one attached hydrogen (secondary N) is 1. The number of ketones is 1. The van der Waals surface area contributed by atoms with Gasteiger partial charge in [0.25, 0.3) is 0 Å². The molecule has 0 fully saturated rings. The molecule has 0 saturated heterocycles.